The molecule has 0 bridgehead atoms. The molecule has 0 saturated heterocycles. The summed E-state index contributed by atoms with van der Waals surface area (Å²) in [6.45, 7) is 8.94. The number of hydrogen-bond acceptors (Lipinski definition) is 1. The van der Waals surface area contributed by atoms with Crippen molar-refractivity contribution in [1.29, 1.82) is 0 Å². The first-order chi connectivity index (χ1) is 6.07. The van der Waals surface area contributed by atoms with Gasteiger partial charge in [-0.2, -0.15) is 0 Å². The second-order valence-electron chi connectivity index (χ2n) is 3.44. The van der Waals surface area contributed by atoms with Crippen molar-refractivity contribution in [3.05, 3.63) is 11.8 Å². The zero-order valence-electron chi connectivity index (χ0n) is 8.98. The molecule has 2 N–H and O–H groups in total. The molecule has 2 amide bonds. The van der Waals surface area contributed by atoms with Gasteiger partial charge in [0.05, 0.1) is 0 Å². The number of carbonyl (C=O) groups is 1. The molecule has 3 heteroatoms. The first-order valence-electron chi connectivity index (χ1n) is 4.79. The highest BCUT2D eigenvalue weighted by molar-refractivity contribution is 5.74. The summed E-state index contributed by atoms with van der Waals surface area (Å²) in [5, 5.41) is 5.42. The lowest BCUT2D eigenvalue weighted by Gasteiger charge is -2.06. The maximum absolute atomic E-state index is 11.1. The fourth-order valence-electron chi connectivity index (χ4n) is 0.636. The number of rotatable bonds is 4. The minimum Gasteiger partial charge on any atom is -0.338 e. The van der Waals surface area contributed by atoms with Crippen LogP contribution in [0.4, 0.5) is 4.79 Å². The molecule has 0 aromatic carbocycles. The molecule has 0 aromatic heterocycles. The Morgan fingerprint density at radius 3 is 2.54 bits per heavy atom. The molecule has 0 fully saturated rings. The van der Waals surface area contributed by atoms with Crippen LogP contribution in [0.3, 0.4) is 0 Å². The van der Waals surface area contributed by atoms with E-state index in [2.05, 4.69) is 24.5 Å². The van der Waals surface area contributed by atoms with Gasteiger partial charge in [0.1, 0.15) is 0 Å². The molecule has 0 aliphatic carbocycles. The zero-order chi connectivity index (χ0) is 10.3. The molecule has 0 aromatic rings. The number of allylic oxidation sites excluding steroid dienone is 1. The topological polar surface area (TPSA) is 41.1 Å². The Labute approximate surface area is 80.6 Å². The van der Waals surface area contributed by atoms with Crippen LogP contribution in [-0.2, 0) is 0 Å². The van der Waals surface area contributed by atoms with E-state index in [0.717, 1.165) is 13.0 Å². The van der Waals surface area contributed by atoms with E-state index < -0.39 is 0 Å². The van der Waals surface area contributed by atoms with Gasteiger partial charge in [-0.15, -0.1) is 0 Å². The molecule has 13 heavy (non-hydrogen) atoms. The Morgan fingerprint density at radius 1 is 1.46 bits per heavy atom. The summed E-state index contributed by atoms with van der Waals surface area (Å²) in [6.07, 6.45) is 2.72. The molecule has 0 radical (unpaired) electrons. The van der Waals surface area contributed by atoms with Gasteiger partial charge in [0.25, 0.3) is 0 Å². The van der Waals surface area contributed by atoms with Crippen LogP contribution in [0.2, 0.25) is 0 Å². The van der Waals surface area contributed by atoms with Crippen molar-refractivity contribution in [3.63, 3.8) is 0 Å². The molecule has 0 spiro atoms. The highest BCUT2D eigenvalue weighted by Gasteiger charge is 1.98. The Hall–Kier alpha value is -0.990. The van der Waals surface area contributed by atoms with Gasteiger partial charge in [-0.25, -0.2) is 4.79 Å². The minimum absolute atomic E-state index is 0.123. The van der Waals surface area contributed by atoms with Crippen LogP contribution >= 0.6 is 0 Å². The summed E-state index contributed by atoms with van der Waals surface area (Å²) in [7, 11) is 0. The summed E-state index contributed by atoms with van der Waals surface area (Å²) < 4.78 is 0. The molecule has 0 rings (SSSR count). The first kappa shape index (κ1) is 12.0. The summed E-state index contributed by atoms with van der Waals surface area (Å²) in [5.41, 5.74) is 1.17. The van der Waals surface area contributed by atoms with E-state index in [1.165, 1.54) is 5.57 Å². The van der Waals surface area contributed by atoms with Crippen LogP contribution in [0.15, 0.2) is 11.8 Å². The molecular formula is C10H20N2O. The lowest BCUT2D eigenvalue weighted by molar-refractivity contribution is 0.244. The summed E-state index contributed by atoms with van der Waals surface area (Å²) >= 11 is 0. The predicted octanol–water partition coefficient (Wildman–Crippen LogP) is 2.26. The van der Waals surface area contributed by atoms with Gasteiger partial charge in [0.2, 0.25) is 0 Å². The molecular weight excluding hydrogens is 164 g/mol. The van der Waals surface area contributed by atoms with Crippen LogP contribution < -0.4 is 10.6 Å². The van der Waals surface area contributed by atoms with Crippen LogP contribution in [0.5, 0.6) is 0 Å². The molecule has 0 aliphatic heterocycles. The molecule has 0 atom stereocenters. The van der Waals surface area contributed by atoms with E-state index in [9.17, 15) is 4.79 Å². The normalized spacial score (nSPS) is 11.6. The Kier molecular flexibility index (Phi) is 6.02. The lowest BCUT2D eigenvalue weighted by Crippen LogP contribution is -2.32. The smallest absolute Gasteiger partial charge is 0.318 e. The van der Waals surface area contributed by atoms with Gasteiger partial charge < -0.3 is 10.6 Å². The molecule has 0 aliphatic rings. The fourth-order valence-corrected chi connectivity index (χ4v) is 0.636. The zero-order valence-corrected chi connectivity index (χ0v) is 8.98. The van der Waals surface area contributed by atoms with Crippen LogP contribution in [0.25, 0.3) is 0 Å². The number of nitrogens with one attached hydrogen (secondary N) is 2. The Morgan fingerprint density at radius 2 is 2.08 bits per heavy atom. The number of hydrogen-bond donors (Lipinski definition) is 2. The summed E-state index contributed by atoms with van der Waals surface area (Å²) in [4.78, 5) is 11.1. The average Bonchev–Trinajstić information content (AvgIpc) is 2.10. The second-order valence-corrected chi connectivity index (χ2v) is 3.44. The van der Waals surface area contributed by atoms with Crippen molar-refractivity contribution in [1.82, 2.24) is 10.6 Å². The van der Waals surface area contributed by atoms with Crippen molar-refractivity contribution in [2.75, 3.05) is 6.54 Å². The fraction of sp³-hybridized carbons (Fsp3) is 0.700. The second kappa shape index (κ2) is 6.52. The summed E-state index contributed by atoms with van der Waals surface area (Å²) in [6, 6.07) is -0.123. The Bertz CT molecular complexity index is 185. The van der Waals surface area contributed by atoms with Gasteiger partial charge in [0.15, 0.2) is 0 Å². The van der Waals surface area contributed by atoms with Crippen molar-refractivity contribution in [3.8, 4) is 0 Å². The van der Waals surface area contributed by atoms with Gasteiger partial charge in [0, 0.05) is 12.7 Å². The van der Waals surface area contributed by atoms with Gasteiger partial charge in [-0.3, -0.25) is 0 Å². The van der Waals surface area contributed by atoms with Crippen molar-refractivity contribution in [2.24, 2.45) is 5.92 Å². The average molecular weight is 184 g/mol. The molecule has 0 unspecified atom stereocenters. The van der Waals surface area contributed by atoms with Gasteiger partial charge in [-0.1, -0.05) is 26.3 Å². The van der Waals surface area contributed by atoms with Crippen molar-refractivity contribution >= 4 is 6.03 Å². The van der Waals surface area contributed by atoms with Gasteiger partial charge in [-0.05, 0) is 19.3 Å². The highest BCUT2D eigenvalue weighted by atomic mass is 16.2. The number of urea groups is 1. The van der Waals surface area contributed by atoms with Crippen LogP contribution in [0.1, 0.15) is 34.1 Å². The first-order valence-corrected chi connectivity index (χ1v) is 4.79. The third-order valence-electron chi connectivity index (χ3n) is 1.88. The summed E-state index contributed by atoms with van der Waals surface area (Å²) in [5.74, 6) is 0.478. The number of carbonyl (C=O) groups excluding carboxylic acids is 1. The van der Waals surface area contributed by atoms with Crippen molar-refractivity contribution < 1.29 is 4.79 Å². The van der Waals surface area contributed by atoms with Gasteiger partial charge >= 0.3 is 6.03 Å². The molecule has 0 saturated carbocycles. The Balaban J connectivity index is 3.74. The van der Waals surface area contributed by atoms with E-state index in [1.54, 1.807) is 6.20 Å². The van der Waals surface area contributed by atoms with E-state index in [-0.39, 0.29) is 6.03 Å². The predicted molar refractivity (Wildman–Crippen MR) is 55.4 cm³/mol. The van der Waals surface area contributed by atoms with E-state index in [0.29, 0.717) is 5.92 Å². The van der Waals surface area contributed by atoms with Crippen LogP contribution in [-0.4, -0.2) is 12.6 Å². The molecule has 76 valence electrons. The lowest BCUT2D eigenvalue weighted by atomic mass is 10.1. The standard InChI is InChI=1S/C10H20N2O/c1-5-6-11-10(13)12-7-9(4)8(2)3/h7-8H,5-6H2,1-4H3,(H2,11,12,13)/b9-7+. The maximum atomic E-state index is 11.1. The largest absolute Gasteiger partial charge is 0.338 e. The third kappa shape index (κ3) is 6.20. The van der Waals surface area contributed by atoms with Crippen molar-refractivity contribution in [2.45, 2.75) is 34.1 Å². The van der Waals surface area contributed by atoms with E-state index in [4.69, 9.17) is 0 Å². The quantitative estimate of drug-likeness (QED) is 0.691. The van der Waals surface area contributed by atoms with E-state index >= 15 is 0 Å². The molecule has 3 nitrogen and oxygen atoms in total. The minimum atomic E-state index is -0.123. The number of amides is 2. The highest BCUT2D eigenvalue weighted by Crippen LogP contribution is 2.05. The monoisotopic (exact) mass is 184 g/mol. The molecule has 0 heterocycles. The maximum Gasteiger partial charge on any atom is 0.318 e. The third-order valence-corrected chi connectivity index (χ3v) is 1.88. The van der Waals surface area contributed by atoms with E-state index in [1.807, 2.05) is 13.8 Å². The SMILES string of the molecule is CCCNC(=O)N/C=C(\C)C(C)C. The van der Waals surface area contributed by atoms with Crippen LogP contribution in [0, 0.1) is 5.92 Å².